The molecule has 0 aliphatic rings. The third-order valence-corrected chi connectivity index (χ3v) is 3.31. The van der Waals surface area contributed by atoms with Gasteiger partial charge in [0.15, 0.2) is 0 Å². The number of hydrogen-bond donors (Lipinski definition) is 1. The second-order valence-corrected chi connectivity index (χ2v) is 5.37. The summed E-state index contributed by atoms with van der Waals surface area (Å²) in [4.78, 5) is 23.4. The summed E-state index contributed by atoms with van der Waals surface area (Å²) in [6.07, 6.45) is 1.22. The number of hydrogen-bond acceptors (Lipinski definition) is 2. The fourth-order valence-electron chi connectivity index (χ4n) is 2.50. The van der Waals surface area contributed by atoms with Crippen molar-refractivity contribution < 1.29 is 4.79 Å². The van der Waals surface area contributed by atoms with Gasteiger partial charge in [0.25, 0.3) is 5.56 Å². The van der Waals surface area contributed by atoms with Crippen LogP contribution >= 0.6 is 0 Å². The van der Waals surface area contributed by atoms with Gasteiger partial charge < -0.3 is 5.32 Å². The standard InChI is InChI=1S/C16H21N3O2/c1-4-14-15(17-11-20)16(21)18(10-12(2)3)19(14)13-8-6-5-7-9-13/h5-9,11-12H,4,10H2,1-3H3,(H,17,20). The zero-order chi connectivity index (χ0) is 15.4. The molecule has 1 heterocycles. The Hall–Kier alpha value is -2.30. The van der Waals surface area contributed by atoms with E-state index < -0.39 is 0 Å². The van der Waals surface area contributed by atoms with Crippen LogP contribution in [-0.2, 0) is 17.8 Å². The minimum absolute atomic E-state index is 0.156. The quantitative estimate of drug-likeness (QED) is 0.830. The average Bonchev–Trinajstić information content (AvgIpc) is 2.73. The molecule has 5 nitrogen and oxygen atoms in total. The molecule has 0 bridgehead atoms. The van der Waals surface area contributed by atoms with Crippen LogP contribution in [0, 0.1) is 5.92 Å². The third-order valence-electron chi connectivity index (χ3n) is 3.31. The van der Waals surface area contributed by atoms with E-state index in [1.165, 1.54) is 0 Å². The van der Waals surface area contributed by atoms with Crippen LogP contribution < -0.4 is 10.9 Å². The number of rotatable bonds is 6. The largest absolute Gasteiger partial charge is 0.323 e. The van der Waals surface area contributed by atoms with Gasteiger partial charge in [-0.2, -0.15) is 0 Å². The number of anilines is 1. The summed E-state index contributed by atoms with van der Waals surface area (Å²) in [5.41, 5.74) is 1.96. The lowest BCUT2D eigenvalue weighted by Gasteiger charge is -2.16. The fraction of sp³-hybridized carbons (Fsp3) is 0.375. The first-order valence-corrected chi connectivity index (χ1v) is 7.20. The van der Waals surface area contributed by atoms with Crippen LogP contribution in [-0.4, -0.2) is 15.8 Å². The third kappa shape index (κ3) is 2.91. The molecule has 0 aliphatic heterocycles. The molecule has 0 atom stereocenters. The van der Waals surface area contributed by atoms with Gasteiger partial charge in [0.1, 0.15) is 5.69 Å². The Labute approximate surface area is 124 Å². The summed E-state index contributed by atoms with van der Waals surface area (Å²) in [6, 6.07) is 9.73. The number of carbonyl (C=O) groups excluding carboxylic acids is 1. The number of amides is 1. The SMILES string of the molecule is CCc1c(NC=O)c(=O)n(CC(C)C)n1-c1ccccc1. The van der Waals surface area contributed by atoms with E-state index in [1.54, 1.807) is 4.68 Å². The van der Waals surface area contributed by atoms with E-state index in [2.05, 4.69) is 19.2 Å². The van der Waals surface area contributed by atoms with Gasteiger partial charge in [0.2, 0.25) is 6.41 Å². The van der Waals surface area contributed by atoms with E-state index in [4.69, 9.17) is 0 Å². The lowest BCUT2D eigenvalue weighted by Crippen LogP contribution is -2.25. The molecule has 1 amide bonds. The molecule has 2 rings (SSSR count). The highest BCUT2D eigenvalue weighted by molar-refractivity contribution is 5.72. The van der Waals surface area contributed by atoms with Crippen LogP contribution in [0.3, 0.4) is 0 Å². The smallest absolute Gasteiger partial charge is 0.291 e. The number of aromatic nitrogens is 2. The first-order chi connectivity index (χ1) is 10.1. The molecule has 0 unspecified atom stereocenters. The van der Waals surface area contributed by atoms with Crippen molar-refractivity contribution in [1.82, 2.24) is 9.36 Å². The van der Waals surface area contributed by atoms with Crippen molar-refractivity contribution in [2.45, 2.75) is 33.7 Å². The number of nitrogens with one attached hydrogen (secondary N) is 1. The van der Waals surface area contributed by atoms with E-state index in [0.717, 1.165) is 11.4 Å². The highest BCUT2D eigenvalue weighted by Gasteiger charge is 2.20. The Bertz CT molecular complexity index is 669. The van der Waals surface area contributed by atoms with E-state index in [1.807, 2.05) is 41.9 Å². The molecule has 0 aliphatic carbocycles. The van der Waals surface area contributed by atoms with Crippen LogP contribution in [0.2, 0.25) is 0 Å². The summed E-state index contributed by atoms with van der Waals surface area (Å²) in [5.74, 6) is 0.328. The maximum Gasteiger partial charge on any atom is 0.291 e. The fourth-order valence-corrected chi connectivity index (χ4v) is 2.50. The number of para-hydroxylation sites is 1. The van der Waals surface area contributed by atoms with E-state index in [-0.39, 0.29) is 5.56 Å². The lowest BCUT2D eigenvalue weighted by atomic mass is 10.2. The van der Waals surface area contributed by atoms with Crippen molar-refractivity contribution in [1.29, 1.82) is 0 Å². The predicted molar refractivity (Wildman–Crippen MR) is 83.9 cm³/mol. The van der Waals surface area contributed by atoms with Gasteiger partial charge in [0.05, 0.1) is 11.4 Å². The van der Waals surface area contributed by atoms with Gasteiger partial charge in [-0.3, -0.25) is 14.3 Å². The van der Waals surface area contributed by atoms with Gasteiger partial charge >= 0.3 is 0 Å². The lowest BCUT2D eigenvalue weighted by molar-refractivity contribution is -0.105. The van der Waals surface area contributed by atoms with Gasteiger partial charge in [-0.05, 0) is 24.5 Å². The number of carbonyl (C=O) groups is 1. The highest BCUT2D eigenvalue weighted by Crippen LogP contribution is 2.19. The summed E-state index contributed by atoms with van der Waals surface area (Å²) >= 11 is 0. The zero-order valence-corrected chi connectivity index (χ0v) is 12.7. The molecule has 1 aromatic carbocycles. The molecule has 2 aromatic rings. The van der Waals surface area contributed by atoms with Crippen molar-refractivity contribution >= 4 is 12.1 Å². The second-order valence-electron chi connectivity index (χ2n) is 5.37. The molecule has 0 saturated heterocycles. The molecular weight excluding hydrogens is 266 g/mol. The summed E-state index contributed by atoms with van der Waals surface area (Å²) in [6.45, 7) is 6.70. The first-order valence-electron chi connectivity index (χ1n) is 7.20. The van der Waals surface area contributed by atoms with Crippen molar-refractivity contribution in [2.75, 3.05) is 5.32 Å². The van der Waals surface area contributed by atoms with Crippen molar-refractivity contribution in [3.63, 3.8) is 0 Å². The highest BCUT2D eigenvalue weighted by atomic mass is 16.1. The van der Waals surface area contributed by atoms with Gasteiger partial charge in [-0.1, -0.05) is 39.0 Å². The van der Waals surface area contributed by atoms with Crippen molar-refractivity contribution in [3.05, 3.63) is 46.4 Å². The maximum atomic E-state index is 12.6. The second kappa shape index (κ2) is 6.43. The molecule has 1 N–H and O–H groups in total. The Morgan fingerprint density at radius 2 is 1.90 bits per heavy atom. The monoisotopic (exact) mass is 287 g/mol. The molecule has 1 aromatic heterocycles. The van der Waals surface area contributed by atoms with Crippen LogP contribution in [0.1, 0.15) is 26.5 Å². The minimum Gasteiger partial charge on any atom is -0.323 e. The van der Waals surface area contributed by atoms with Crippen LogP contribution in [0.25, 0.3) is 5.69 Å². The summed E-state index contributed by atoms with van der Waals surface area (Å²) in [5, 5.41) is 2.56. The van der Waals surface area contributed by atoms with E-state index >= 15 is 0 Å². The Kier molecular flexibility index (Phi) is 4.62. The molecule has 0 radical (unpaired) electrons. The van der Waals surface area contributed by atoms with Crippen molar-refractivity contribution in [2.24, 2.45) is 5.92 Å². The maximum absolute atomic E-state index is 12.6. The van der Waals surface area contributed by atoms with Crippen LogP contribution in [0.5, 0.6) is 0 Å². The molecule has 112 valence electrons. The van der Waals surface area contributed by atoms with Gasteiger partial charge in [-0.25, -0.2) is 4.68 Å². The van der Waals surface area contributed by atoms with Crippen molar-refractivity contribution in [3.8, 4) is 5.69 Å². The van der Waals surface area contributed by atoms with Gasteiger partial charge in [-0.15, -0.1) is 0 Å². The Morgan fingerprint density at radius 3 is 2.43 bits per heavy atom. The molecule has 21 heavy (non-hydrogen) atoms. The minimum atomic E-state index is -0.156. The van der Waals surface area contributed by atoms with Crippen LogP contribution in [0.15, 0.2) is 35.1 Å². The van der Waals surface area contributed by atoms with Crippen LogP contribution in [0.4, 0.5) is 5.69 Å². The molecule has 0 saturated carbocycles. The average molecular weight is 287 g/mol. The van der Waals surface area contributed by atoms with Gasteiger partial charge in [0, 0.05) is 6.54 Å². The van der Waals surface area contributed by atoms with E-state index in [9.17, 15) is 9.59 Å². The normalized spacial score (nSPS) is 10.9. The zero-order valence-electron chi connectivity index (χ0n) is 12.7. The molecule has 0 fully saturated rings. The topological polar surface area (TPSA) is 56.0 Å². The predicted octanol–water partition coefficient (Wildman–Crippen LogP) is 2.43. The number of benzene rings is 1. The molecule has 5 heteroatoms. The Morgan fingerprint density at radius 1 is 1.24 bits per heavy atom. The summed E-state index contributed by atoms with van der Waals surface area (Å²) < 4.78 is 3.61. The first kappa shape index (κ1) is 15.1. The molecular formula is C16H21N3O2. The number of nitrogens with zero attached hydrogens (tertiary/aromatic N) is 2. The Balaban J connectivity index is 2.73. The summed E-state index contributed by atoms with van der Waals surface area (Å²) in [7, 11) is 0. The molecule has 0 spiro atoms. The van der Waals surface area contributed by atoms with E-state index in [0.29, 0.717) is 31.0 Å².